The number of rotatable bonds is 5. The predicted molar refractivity (Wildman–Crippen MR) is 96.1 cm³/mol. The Balaban J connectivity index is 1.69. The molecule has 6 nitrogen and oxygen atoms in total. The molecule has 0 saturated heterocycles. The number of halogens is 2. The zero-order valence-electron chi connectivity index (χ0n) is 14.2. The molecule has 8 heteroatoms. The van der Waals surface area contributed by atoms with Crippen molar-refractivity contribution in [1.82, 2.24) is 9.97 Å². The molecule has 2 aromatic carbocycles. The largest absolute Gasteiger partial charge is 0.324 e. The Bertz CT molecular complexity index is 1010. The Hall–Kier alpha value is -3.68. The first kappa shape index (κ1) is 18.1. The number of amides is 1. The first-order valence-corrected chi connectivity index (χ1v) is 7.89. The molecule has 136 valence electrons. The summed E-state index contributed by atoms with van der Waals surface area (Å²) >= 11 is 0. The maximum atomic E-state index is 13.2. The zero-order chi connectivity index (χ0) is 19.4. The molecular weight excluding hydrogens is 354 g/mol. The van der Waals surface area contributed by atoms with Crippen LogP contribution in [0.1, 0.15) is 27.6 Å². The number of benzene rings is 2. The van der Waals surface area contributed by atoms with Crippen LogP contribution in [0.15, 0.2) is 54.9 Å². The third kappa shape index (κ3) is 4.49. The molecule has 0 saturated carbocycles. The Morgan fingerprint density at radius 3 is 2.30 bits per heavy atom. The normalized spacial score (nSPS) is 10.3. The number of aromatic nitrogens is 2. The van der Waals surface area contributed by atoms with Crippen molar-refractivity contribution >= 4 is 29.0 Å². The van der Waals surface area contributed by atoms with E-state index < -0.39 is 17.5 Å². The van der Waals surface area contributed by atoms with E-state index in [0.717, 1.165) is 12.1 Å². The predicted octanol–water partition coefficient (Wildman–Crippen LogP) is 3.95. The second kappa shape index (κ2) is 7.69. The van der Waals surface area contributed by atoms with Gasteiger partial charge < -0.3 is 10.6 Å². The van der Waals surface area contributed by atoms with Crippen LogP contribution in [0.3, 0.4) is 0 Å². The Kier molecular flexibility index (Phi) is 5.16. The molecule has 0 unspecified atom stereocenters. The number of ketones is 1. The highest BCUT2D eigenvalue weighted by molar-refractivity contribution is 6.04. The SMILES string of the molecule is CC(=O)c1cccc(NC(=O)c2cnc(Nc3ccc(F)c(F)c3)nc2)c1. The average Bonchev–Trinajstić information content (AvgIpc) is 2.65. The van der Waals surface area contributed by atoms with Gasteiger partial charge in [0.2, 0.25) is 5.95 Å². The number of nitrogens with one attached hydrogen (secondary N) is 2. The molecule has 0 spiro atoms. The van der Waals surface area contributed by atoms with Crippen LogP contribution in [0.2, 0.25) is 0 Å². The number of hydrogen-bond donors (Lipinski definition) is 2. The van der Waals surface area contributed by atoms with Gasteiger partial charge in [-0.1, -0.05) is 12.1 Å². The van der Waals surface area contributed by atoms with Crippen LogP contribution >= 0.6 is 0 Å². The number of carbonyl (C=O) groups excluding carboxylic acids is 2. The van der Waals surface area contributed by atoms with Gasteiger partial charge in [0.1, 0.15) is 0 Å². The maximum absolute atomic E-state index is 13.2. The van der Waals surface area contributed by atoms with E-state index in [1.165, 1.54) is 25.4 Å². The Morgan fingerprint density at radius 2 is 1.63 bits per heavy atom. The van der Waals surface area contributed by atoms with E-state index in [4.69, 9.17) is 0 Å². The van der Waals surface area contributed by atoms with Crippen LogP contribution in [0.5, 0.6) is 0 Å². The molecule has 3 aromatic rings. The van der Waals surface area contributed by atoms with Crippen molar-refractivity contribution in [3.05, 3.63) is 77.6 Å². The highest BCUT2D eigenvalue weighted by atomic mass is 19.2. The minimum Gasteiger partial charge on any atom is -0.324 e. The topological polar surface area (TPSA) is 84.0 Å². The third-order valence-electron chi connectivity index (χ3n) is 3.62. The van der Waals surface area contributed by atoms with Crippen LogP contribution in [0, 0.1) is 11.6 Å². The second-order valence-corrected chi connectivity index (χ2v) is 5.64. The van der Waals surface area contributed by atoms with Crippen molar-refractivity contribution in [2.24, 2.45) is 0 Å². The van der Waals surface area contributed by atoms with Crippen molar-refractivity contribution < 1.29 is 18.4 Å². The van der Waals surface area contributed by atoms with Crippen molar-refractivity contribution in [2.45, 2.75) is 6.92 Å². The van der Waals surface area contributed by atoms with Gasteiger partial charge in [-0.15, -0.1) is 0 Å². The fourth-order valence-electron chi connectivity index (χ4n) is 2.23. The quantitative estimate of drug-likeness (QED) is 0.666. The summed E-state index contributed by atoms with van der Waals surface area (Å²) < 4.78 is 26.1. The summed E-state index contributed by atoms with van der Waals surface area (Å²) in [5.41, 5.74) is 1.41. The molecule has 0 fully saturated rings. The van der Waals surface area contributed by atoms with E-state index in [2.05, 4.69) is 20.6 Å². The summed E-state index contributed by atoms with van der Waals surface area (Å²) in [6.45, 7) is 1.44. The average molecular weight is 368 g/mol. The smallest absolute Gasteiger partial charge is 0.258 e. The monoisotopic (exact) mass is 368 g/mol. The van der Waals surface area contributed by atoms with Gasteiger partial charge in [0.25, 0.3) is 5.91 Å². The highest BCUT2D eigenvalue weighted by Crippen LogP contribution is 2.17. The fraction of sp³-hybridized carbons (Fsp3) is 0.0526. The molecule has 1 aromatic heterocycles. The Labute approximate surface area is 153 Å². The summed E-state index contributed by atoms with van der Waals surface area (Å²) in [5, 5.41) is 5.36. The number of carbonyl (C=O) groups is 2. The zero-order valence-corrected chi connectivity index (χ0v) is 14.2. The van der Waals surface area contributed by atoms with E-state index in [9.17, 15) is 18.4 Å². The van der Waals surface area contributed by atoms with Gasteiger partial charge in [0.15, 0.2) is 17.4 Å². The lowest BCUT2D eigenvalue weighted by Crippen LogP contribution is -2.13. The number of hydrogen-bond acceptors (Lipinski definition) is 5. The number of Topliss-reactive ketones (excluding diaryl/α,β-unsaturated/α-hetero) is 1. The summed E-state index contributed by atoms with van der Waals surface area (Å²) in [4.78, 5) is 31.6. The summed E-state index contributed by atoms with van der Waals surface area (Å²) in [6, 6.07) is 9.84. The third-order valence-corrected chi connectivity index (χ3v) is 3.62. The minimum atomic E-state index is -0.996. The van der Waals surface area contributed by atoms with Gasteiger partial charge in [-0.05, 0) is 31.2 Å². The first-order valence-electron chi connectivity index (χ1n) is 7.89. The molecule has 2 N–H and O–H groups in total. The van der Waals surface area contributed by atoms with Gasteiger partial charge in [0, 0.05) is 35.4 Å². The van der Waals surface area contributed by atoms with Gasteiger partial charge in [0.05, 0.1) is 5.56 Å². The summed E-state index contributed by atoms with van der Waals surface area (Å²) in [5.74, 6) is -2.39. The lowest BCUT2D eigenvalue weighted by molar-refractivity contribution is 0.101. The van der Waals surface area contributed by atoms with Crippen LogP contribution in [0.4, 0.5) is 26.1 Å². The van der Waals surface area contributed by atoms with Gasteiger partial charge in [-0.3, -0.25) is 9.59 Å². The lowest BCUT2D eigenvalue weighted by atomic mass is 10.1. The molecule has 27 heavy (non-hydrogen) atoms. The van der Waals surface area contributed by atoms with E-state index in [-0.39, 0.29) is 23.0 Å². The van der Waals surface area contributed by atoms with Crippen molar-refractivity contribution in [2.75, 3.05) is 10.6 Å². The fourth-order valence-corrected chi connectivity index (χ4v) is 2.23. The van der Waals surface area contributed by atoms with Crippen LogP contribution < -0.4 is 10.6 Å². The number of anilines is 3. The van der Waals surface area contributed by atoms with Crippen LogP contribution in [0.25, 0.3) is 0 Å². The molecule has 0 radical (unpaired) electrons. The lowest BCUT2D eigenvalue weighted by Gasteiger charge is -2.08. The van der Waals surface area contributed by atoms with Gasteiger partial charge in [-0.2, -0.15) is 0 Å². The first-order chi connectivity index (χ1) is 12.9. The van der Waals surface area contributed by atoms with Gasteiger partial charge >= 0.3 is 0 Å². The summed E-state index contributed by atoms with van der Waals surface area (Å²) in [7, 11) is 0. The van der Waals surface area contributed by atoms with E-state index in [1.54, 1.807) is 24.3 Å². The highest BCUT2D eigenvalue weighted by Gasteiger charge is 2.10. The van der Waals surface area contributed by atoms with Crippen molar-refractivity contribution in [3.8, 4) is 0 Å². The molecule has 3 rings (SSSR count). The van der Waals surface area contributed by atoms with Crippen molar-refractivity contribution in [1.29, 1.82) is 0 Å². The molecule has 0 aliphatic carbocycles. The molecular formula is C19H14F2N4O2. The molecule has 1 heterocycles. The van der Waals surface area contributed by atoms with Crippen molar-refractivity contribution in [3.63, 3.8) is 0 Å². The number of nitrogens with zero attached hydrogens (tertiary/aromatic N) is 2. The minimum absolute atomic E-state index is 0.109. The molecule has 1 amide bonds. The summed E-state index contributed by atoms with van der Waals surface area (Å²) in [6.07, 6.45) is 2.58. The van der Waals surface area contributed by atoms with Crippen LogP contribution in [-0.4, -0.2) is 21.7 Å². The second-order valence-electron chi connectivity index (χ2n) is 5.64. The molecule has 0 bridgehead atoms. The molecule has 0 aliphatic heterocycles. The van der Waals surface area contributed by atoms with E-state index >= 15 is 0 Å². The molecule has 0 aliphatic rings. The van der Waals surface area contributed by atoms with E-state index in [1.807, 2.05) is 0 Å². The van der Waals surface area contributed by atoms with Crippen LogP contribution in [-0.2, 0) is 0 Å². The van der Waals surface area contributed by atoms with Gasteiger partial charge in [-0.25, -0.2) is 18.7 Å². The standard InChI is InChI=1S/C19H14F2N4O2/c1-11(26)12-3-2-4-14(7-12)24-18(27)13-9-22-19(23-10-13)25-15-5-6-16(20)17(21)8-15/h2-10H,1H3,(H,24,27)(H,22,23,25). The molecule has 0 atom stereocenters. The van der Waals surface area contributed by atoms with E-state index in [0.29, 0.717) is 11.3 Å². The Morgan fingerprint density at radius 1 is 0.889 bits per heavy atom. The maximum Gasteiger partial charge on any atom is 0.258 e.